The van der Waals surface area contributed by atoms with Crippen LogP contribution < -0.4 is 10.4 Å². The van der Waals surface area contributed by atoms with E-state index in [4.69, 9.17) is 0 Å². The first-order valence-corrected chi connectivity index (χ1v) is 5.84. The average Bonchev–Trinajstić information content (AvgIpc) is 2.78. The van der Waals surface area contributed by atoms with Crippen LogP contribution in [0.15, 0.2) is 24.3 Å². The fourth-order valence-corrected chi connectivity index (χ4v) is 2.35. The standard InChI is InChI=1S/C12H14N2O4/c15-12(16)11-6-9(7-13-11)5-8-1-3-10(4-2-8)14(17)18/h1-4,9,11,13H,5-7H2,(H,15,16)/t9-,11+/m1/s1. The summed E-state index contributed by atoms with van der Waals surface area (Å²) in [4.78, 5) is 20.8. The summed E-state index contributed by atoms with van der Waals surface area (Å²) in [5.74, 6) is -0.726. The Kier molecular flexibility index (Phi) is 3.57. The predicted molar refractivity (Wildman–Crippen MR) is 60.5 cm³/mol. The van der Waals surface area contributed by atoms with Crippen LogP contribution in [-0.2, 0) is 11.2 Å². The molecule has 1 aliphatic heterocycles. The highest BCUT2D eigenvalue weighted by Crippen LogP contribution is 2.18. The number of carboxylic acids is 1. The Morgan fingerprint density at radius 2 is 2.06 bits per heavy atom. The smallest absolute Gasteiger partial charge is 0.269 e. The van der Waals surface area contributed by atoms with Gasteiger partial charge in [0.2, 0.25) is 0 Å². The first-order chi connectivity index (χ1) is 8.56. The number of nitrogens with two attached hydrogens (primary N) is 1. The molecule has 0 radical (unpaired) electrons. The number of nitro benzene ring substituents is 1. The SMILES string of the molecule is O=C([O-])[C@@H]1C[C@@H](Cc2ccc([N+](=O)[O-])cc2)C[NH2+]1. The van der Waals surface area contributed by atoms with Crippen LogP contribution in [0.3, 0.4) is 0 Å². The Balaban J connectivity index is 1.94. The van der Waals surface area contributed by atoms with Crippen molar-refractivity contribution in [2.45, 2.75) is 18.9 Å². The number of nitro groups is 1. The minimum absolute atomic E-state index is 0.0735. The lowest BCUT2D eigenvalue weighted by Crippen LogP contribution is -2.90. The van der Waals surface area contributed by atoms with E-state index < -0.39 is 16.9 Å². The Bertz CT molecular complexity index is 458. The molecular weight excluding hydrogens is 236 g/mol. The molecule has 0 saturated carbocycles. The molecule has 0 bridgehead atoms. The summed E-state index contributed by atoms with van der Waals surface area (Å²) in [7, 11) is 0. The van der Waals surface area contributed by atoms with E-state index in [1.54, 1.807) is 17.4 Å². The zero-order valence-corrected chi connectivity index (χ0v) is 9.74. The summed E-state index contributed by atoms with van der Waals surface area (Å²) in [6.45, 7) is 0.760. The van der Waals surface area contributed by atoms with Crippen molar-refractivity contribution in [3.05, 3.63) is 39.9 Å². The molecule has 0 spiro atoms. The molecule has 2 atom stereocenters. The molecule has 1 aromatic carbocycles. The van der Waals surface area contributed by atoms with Gasteiger partial charge in [-0.15, -0.1) is 0 Å². The van der Waals surface area contributed by atoms with Crippen LogP contribution >= 0.6 is 0 Å². The number of carboxylic acid groups (broad SMARTS) is 1. The number of quaternary nitrogens is 1. The molecule has 1 heterocycles. The van der Waals surface area contributed by atoms with Gasteiger partial charge in [-0.3, -0.25) is 10.1 Å². The third-order valence-electron chi connectivity index (χ3n) is 3.32. The van der Waals surface area contributed by atoms with Crippen molar-refractivity contribution in [2.24, 2.45) is 5.92 Å². The number of hydrogen-bond donors (Lipinski definition) is 1. The Morgan fingerprint density at radius 3 is 2.56 bits per heavy atom. The second-order valence-corrected chi connectivity index (χ2v) is 4.63. The highest BCUT2D eigenvalue weighted by molar-refractivity contribution is 5.69. The molecule has 1 aliphatic rings. The van der Waals surface area contributed by atoms with E-state index in [2.05, 4.69) is 0 Å². The zero-order chi connectivity index (χ0) is 13.1. The molecule has 0 aliphatic carbocycles. The molecule has 2 N–H and O–H groups in total. The van der Waals surface area contributed by atoms with E-state index in [9.17, 15) is 20.0 Å². The quantitative estimate of drug-likeness (QED) is 0.538. The van der Waals surface area contributed by atoms with E-state index in [1.165, 1.54) is 12.1 Å². The molecule has 2 rings (SSSR count). The molecule has 1 aromatic rings. The van der Waals surface area contributed by atoms with Gasteiger partial charge in [0.15, 0.2) is 0 Å². The van der Waals surface area contributed by atoms with Gasteiger partial charge in [-0.2, -0.15) is 0 Å². The summed E-state index contributed by atoms with van der Waals surface area (Å²) in [5.41, 5.74) is 1.07. The van der Waals surface area contributed by atoms with Gasteiger partial charge in [-0.1, -0.05) is 12.1 Å². The van der Waals surface area contributed by atoms with Crippen LogP contribution in [0.1, 0.15) is 12.0 Å². The lowest BCUT2D eigenvalue weighted by Gasteiger charge is -2.07. The largest absolute Gasteiger partial charge is 0.544 e. The van der Waals surface area contributed by atoms with Crippen LogP contribution in [0.4, 0.5) is 5.69 Å². The maximum atomic E-state index is 10.7. The number of benzene rings is 1. The number of carbonyl (C=O) groups excluding carboxylic acids is 1. The van der Waals surface area contributed by atoms with Crippen LogP contribution in [0.25, 0.3) is 0 Å². The van der Waals surface area contributed by atoms with E-state index >= 15 is 0 Å². The second kappa shape index (κ2) is 5.14. The van der Waals surface area contributed by atoms with Gasteiger partial charge in [-0.05, 0) is 12.0 Å². The van der Waals surface area contributed by atoms with Gasteiger partial charge in [0.1, 0.15) is 6.04 Å². The van der Waals surface area contributed by atoms with Crippen molar-refractivity contribution in [1.29, 1.82) is 0 Å². The molecule has 0 aromatic heterocycles. The normalized spacial score (nSPS) is 22.9. The third-order valence-corrected chi connectivity index (χ3v) is 3.32. The van der Waals surface area contributed by atoms with Crippen molar-refractivity contribution < 1.29 is 20.1 Å². The molecule has 18 heavy (non-hydrogen) atoms. The van der Waals surface area contributed by atoms with Gasteiger partial charge >= 0.3 is 0 Å². The highest BCUT2D eigenvalue weighted by Gasteiger charge is 2.28. The summed E-state index contributed by atoms with van der Waals surface area (Å²) < 4.78 is 0. The van der Waals surface area contributed by atoms with E-state index in [-0.39, 0.29) is 11.6 Å². The number of non-ortho nitro benzene ring substituents is 1. The van der Waals surface area contributed by atoms with Gasteiger partial charge in [0.25, 0.3) is 5.69 Å². The molecule has 6 nitrogen and oxygen atoms in total. The Hall–Kier alpha value is -1.95. The lowest BCUT2D eigenvalue weighted by atomic mass is 9.96. The summed E-state index contributed by atoms with van der Waals surface area (Å²) in [6, 6.07) is 5.96. The molecule has 0 unspecified atom stereocenters. The number of rotatable bonds is 4. The van der Waals surface area contributed by atoms with Crippen molar-refractivity contribution >= 4 is 11.7 Å². The van der Waals surface area contributed by atoms with Crippen LogP contribution in [0, 0.1) is 16.0 Å². The highest BCUT2D eigenvalue weighted by atomic mass is 16.6. The molecule has 1 fully saturated rings. The zero-order valence-electron chi connectivity index (χ0n) is 9.74. The summed E-state index contributed by atoms with van der Waals surface area (Å²) in [6.07, 6.45) is 1.34. The fourth-order valence-electron chi connectivity index (χ4n) is 2.35. The van der Waals surface area contributed by atoms with Gasteiger partial charge in [0.05, 0.1) is 17.4 Å². The maximum absolute atomic E-state index is 10.7. The number of hydrogen-bond acceptors (Lipinski definition) is 4. The number of aliphatic carboxylic acids is 1. The maximum Gasteiger partial charge on any atom is 0.269 e. The second-order valence-electron chi connectivity index (χ2n) is 4.63. The number of carbonyl (C=O) groups is 1. The minimum Gasteiger partial charge on any atom is -0.544 e. The monoisotopic (exact) mass is 250 g/mol. The average molecular weight is 250 g/mol. The van der Waals surface area contributed by atoms with E-state index in [1.807, 2.05) is 0 Å². The summed E-state index contributed by atoms with van der Waals surface area (Å²) >= 11 is 0. The van der Waals surface area contributed by atoms with Crippen LogP contribution in [0.5, 0.6) is 0 Å². The fraction of sp³-hybridized carbons (Fsp3) is 0.417. The first-order valence-electron chi connectivity index (χ1n) is 5.84. The Labute approximate surface area is 104 Å². The van der Waals surface area contributed by atoms with Crippen molar-refractivity contribution in [1.82, 2.24) is 0 Å². The molecule has 96 valence electrons. The molecule has 1 saturated heterocycles. The van der Waals surface area contributed by atoms with Crippen molar-refractivity contribution in [2.75, 3.05) is 6.54 Å². The van der Waals surface area contributed by atoms with Crippen molar-refractivity contribution in [3.63, 3.8) is 0 Å². The Morgan fingerprint density at radius 1 is 1.39 bits per heavy atom. The van der Waals surface area contributed by atoms with Crippen LogP contribution in [0.2, 0.25) is 0 Å². The van der Waals surface area contributed by atoms with Gasteiger partial charge in [-0.25, -0.2) is 0 Å². The summed E-state index contributed by atoms with van der Waals surface area (Å²) in [5, 5.41) is 23.0. The lowest BCUT2D eigenvalue weighted by molar-refractivity contribution is -0.666. The van der Waals surface area contributed by atoms with E-state index in [0.29, 0.717) is 6.42 Å². The molecule has 6 heteroatoms. The van der Waals surface area contributed by atoms with Crippen LogP contribution in [-0.4, -0.2) is 23.5 Å². The number of nitrogens with zero attached hydrogens (tertiary/aromatic N) is 1. The first kappa shape index (κ1) is 12.5. The van der Waals surface area contributed by atoms with Crippen molar-refractivity contribution in [3.8, 4) is 0 Å². The van der Waals surface area contributed by atoms with Gasteiger partial charge < -0.3 is 15.2 Å². The predicted octanol–water partition coefficient (Wildman–Crippen LogP) is -1.16. The molecule has 0 amide bonds. The van der Waals surface area contributed by atoms with E-state index in [0.717, 1.165) is 18.5 Å². The topological polar surface area (TPSA) is 99.9 Å². The third kappa shape index (κ3) is 2.84. The minimum atomic E-state index is -1.01. The molecular formula is C12H14N2O4. The van der Waals surface area contributed by atoms with Gasteiger partial charge in [0, 0.05) is 24.5 Å².